The summed E-state index contributed by atoms with van der Waals surface area (Å²) in [6.07, 6.45) is -0.756. The zero-order valence-corrected chi connectivity index (χ0v) is 25.0. The number of fused-ring (bicyclic) bond motifs is 2. The lowest BCUT2D eigenvalue weighted by Gasteiger charge is -2.35. The number of pyridine rings is 1. The molecule has 0 spiro atoms. The predicted molar refractivity (Wildman–Crippen MR) is 167 cm³/mol. The van der Waals surface area contributed by atoms with Crippen LogP contribution in [0.1, 0.15) is 18.4 Å². The molecular formula is C33H30F3N5O5. The maximum atomic E-state index is 14.2. The van der Waals surface area contributed by atoms with Gasteiger partial charge in [0.15, 0.2) is 17.1 Å². The SMILES string of the molecule is C=CC(=O)NC1CCN(c2ccc(Nc3nc4cc(Oc5ccnc6cc(OC)c(OC)cc56)ccc4o3)cc2C(F)(F)F)CC1. The molecule has 1 aliphatic heterocycles. The van der Waals surface area contributed by atoms with Gasteiger partial charge in [0.25, 0.3) is 6.01 Å². The van der Waals surface area contributed by atoms with Crippen LogP contribution in [0.2, 0.25) is 0 Å². The van der Waals surface area contributed by atoms with E-state index in [-0.39, 0.29) is 29.3 Å². The largest absolute Gasteiger partial charge is 0.493 e. The van der Waals surface area contributed by atoms with Crippen molar-refractivity contribution < 1.29 is 36.6 Å². The second-order valence-corrected chi connectivity index (χ2v) is 10.6. The number of anilines is 3. The van der Waals surface area contributed by atoms with E-state index >= 15 is 0 Å². The average Bonchev–Trinajstić information content (AvgIpc) is 3.45. The lowest BCUT2D eigenvalue weighted by Crippen LogP contribution is -2.44. The van der Waals surface area contributed by atoms with Crippen LogP contribution in [-0.4, -0.2) is 49.2 Å². The Morgan fingerprint density at radius 2 is 1.76 bits per heavy atom. The highest BCUT2D eigenvalue weighted by Gasteiger charge is 2.36. The lowest BCUT2D eigenvalue weighted by molar-refractivity contribution is -0.137. The Bertz CT molecular complexity index is 1920. The maximum absolute atomic E-state index is 14.2. The van der Waals surface area contributed by atoms with Gasteiger partial charge in [-0.25, -0.2) is 0 Å². The first-order chi connectivity index (χ1) is 22.1. The molecule has 0 unspecified atom stereocenters. The molecule has 1 fully saturated rings. The molecule has 2 aromatic heterocycles. The number of aromatic nitrogens is 2. The summed E-state index contributed by atoms with van der Waals surface area (Å²) < 4.78 is 65.3. The van der Waals surface area contributed by atoms with Crippen LogP contribution in [0, 0.1) is 0 Å². The highest BCUT2D eigenvalue weighted by atomic mass is 19.4. The first-order valence-electron chi connectivity index (χ1n) is 14.4. The van der Waals surface area contributed by atoms with Crippen LogP contribution < -0.4 is 29.7 Å². The quantitative estimate of drug-likeness (QED) is 0.163. The van der Waals surface area contributed by atoms with Crippen molar-refractivity contribution in [3.63, 3.8) is 0 Å². The van der Waals surface area contributed by atoms with Crippen molar-refractivity contribution in [3.8, 4) is 23.0 Å². The van der Waals surface area contributed by atoms with Crippen LogP contribution in [0.3, 0.4) is 0 Å². The third kappa shape index (κ3) is 6.34. The van der Waals surface area contributed by atoms with Crippen molar-refractivity contribution >= 4 is 45.3 Å². The Hall–Kier alpha value is -5.46. The molecule has 6 rings (SSSR count). The molecule has 5 aromatic rings. The first-order valence-corrected chi connectivity index (χ1v) is 14.4. The van der Waals surface area contributed by atoms with Gasteiger partial charge in [0.2, 0.25) is 5.91 Å². The molecule has 46 heavy (non-hydrogen) atoms. The molecule has 13 heteroatoms. The Labute approximate surface area is 261 Å². The van der Waals surface area contributed by atoms with Crippen molar-refractivity contribution in [3.05, 3.63) is 79.0 Å². The minimum absolute atomic E-state index is 0.0259. The number of amides is 1. The molecule has 1 aliphatic rings. The minimum atomic E-state index is -4.60. The first kappa shape index (κ1) is 30.6. The Kier molecular flexibility index (Phi) is 8.31. The number of halogens is 3. The van der Waals surface area contributed by atoms with Crippen LogP contribution in [0.5, 0.6) is 23.0 Å². The summed E-state index contributed by atoms with van der Waals surface area (Å²) in [6, 6.07) is 14.2. The summed E-state index contributed by atoms with van der Waals surface area (Å²) >= 11 is 0. The molecule has 1 saturated heterocycles. The van der Waals surface area contributed by atoms with Crippen LogP contribution >= 0.6 is 0 Å². The second-order valence-electron chi connectivity index (χ2n) is 10.6. The number of rotatable bonds is 9. The number of methoxy groups -OCH3 is 2. The van der Waals surface area contributed by atoms with Crippen molar-refractivity contribution in [2.75, 3.05) is 37.5 Å². The zero-order chi connectivity index (χ0) is 32.4. The van der Waals surface area contributed by atoms with E-state index in [2.05, 4.69) is 27.2 Å². The van der Waals surface area contributed by atoms with E-state index in [4.69, 9.17) is 18.6 Å². The number of nitrogens with one attached hydrogen (secondary N) is 2. The zero-order valence-electron chi connectivity index (χ0n) is 25.0. The van der Waals surface area contributed by atoms with E-state index in [1.54, 1.807) is 67.8 Å². The van der Waals surface area contributed by atoms with E-state index in [0.29, 0.717) is 70.9 Å². The van der Waals surface area contributed by atoms with Gasteiger partial charge in [0.05, 0.1) is 25.3 Å². The number of piperidine rings is 1. The highest BCUT2D eigenvalue weighted by Crippen LogP contribution is 2.40. The van der Waals surface area contributed by atoms with Crippen molar-refractivity contribution in [2.45, 2.75) is 25.1 Å². The normalized spacial score (nSPS) is 13.9. The van der Waals surface area contributed by atoms with Crippen LogP contribution in [0.25, 0.3) is 22.0 Å². The van der Waals surface area contributed by atoms with E-state index < -0.39 is 11.7 Å². The molecule has 238 valence electrons. The molecule has 3 heterocycles. The summed E-state index contributed by atoms with van der Waals surface area (Å²) in [5.41, 5.74) is 0.966. The topological polar surface area (TPSA) is 111 Å². The van der Waals surface area contributed by atoms with Crippen LogP contribution in [0.15, 0.2) is 77.9 Å². The standard InChI is InChI=1S/C33H30F3N5O5/c1-4-31(42)38-19-10-13-41(14-11-19)26-7-5-20(15-23(26)33(34,35)36)39-32-40-25-16-21(6-8-28(25)46-32)45-27-9-12-37-24-18-30(44-3)29(43-2)17-22(24)27/h4-9,12,15-19H,1,10-11,13-14H2,2-3H3,(H,38,42)(H,39,40). The van der Waals surface area contributed by atoms with Gasteiger partial charge in [-0.05, 0) is 61.4 Å². The monoisotopic (exact) mass is 633 g/mol. The number of oxazole rings is 1. The molecule has 0 aliphatic carbocycles. The van der Waals surface area contributed by atoms with Crippen LogP contribution in [-0.2, 0) is 11.0 Å². The smallest absolute Gasteiger partial charge is 0.418 e. The number of carbonyl (C=O) groups excluding carboxylic acids is 1. The third-order valence-electron chi connectivity index (χ3n) is 7.71. The fourth-order valence-corrected chi connectivity index (χ4v) is 5.45. The van der Waals surface area contributed by atoms with Gasteiger partial charge in [-0.2, -0.15) is 18.2 Å². The third-order valence-corrected chi connectivity index (χ3v) is 7.71. The summed E-state index contributed by atoms with van der Waals surface area (Å²) in [4.78, 5) is 22.1. The summed E-state index contributed by atoms with van der Waals surface area (Å²) in [5.74, 6) is 1.76. The molecule has 10 nitrogen and oxygen atoms in total. The summed E-state index contributed by atoms with van der Waals surface area (Å²) in [5, 5.41) is 6.37. The Balaban J connectivity index is 1.21. The van der Waals surface area contributed by atoms with Crippen molar-refractivity contribution in [2.24, 2.45) is 0 Å². The molecule has 0 atom stereocenters. The van der Waals surface area contributed by atoms with Gasteiger partial charge in [-0.3, -0.25) is 9.78 Å². The molecule has 0 bridgehead atoms. The van der Waals surface area contributed by atoms with E-state index in [9.17, 15) is 18.0 Å². The molecular weight excluding hydrogens is 603 g/mol. The molecule has 0 saturated carbocycles. The number of benzene rings is 3. The van der Waals surface area contributed by atoms with Crippen LogP contribution in [0.4, 0.5) is 30.6 Å². The van der Waals surface area contributed by atoms with Gasteiger partial charge in [0, 0.05) is 54.2 Å². The highest BCUT2D eigenvalue weighted by molar-refractivity contribution is 5.89. The molecule has 1 amide bonds. The number of hydrogen-bond acceptors (Lipinski definition) is 9. The fraction of sp³-hybridized carbons (Fsp3) is 0.242. The number of carbonyl (C=O) groups is 1. The van der Waals surface area contributed by atoms with Crippen molar-refractivity contribution in [1.29, 1.82) is 0 Å². The summed E-state index contributed by atoms with van der Waals surface area (Å²) in [7, 11) is 3.09. The van der Waals surface area contributed by atoms with E-state index in [1.165, 1.54) is 12.1 Å². The minimum Gasteiger partial charge on any atom is -0.493 e. The average molecular weight is 634 g/mol. The second kappa shape index (κ2) is 12.5. The van der Waals surface area contributed by atoms with Gasteiger partial charge in [0.1, 0.15) is 17.0 Å². The molecule has 0 radical (unpaired) electrons. The van der Waals surface area contributed by atoms with E-state index in [0.717, 1.165) is 6.07 Å². The Morgan fingerprint density at radius 1 is 1.00 bits per heavy atom. The van der Waals surface area contributed by atoms with Gasteiger partial charge in [-0.15, -0.1) is 0 Å². The maximum Gasteiger partial charge on any atom is 0.418 e. The number of ether oxygens (including phenoxy) is 3. The van der Waals surface area contributed by atoms with E-state index in [1.807, 2.05) is 0 Å². The predicted octanol–water partition coefficient (Wildman–Crippen LogP) is 7.22. The Morgan fingerprint density at radius 3 is 2.48 bits per heavy atom. The number of hydrogen-bond donors (Lipinski definition) is 2. The number of alkyl halides is 3. The van der Waals surface area contributed by atoms with Gasteiger partial charge < -0.3 is 34.2 Å². The lowest BCUT2D eigenvalue weighted by atomic mass is 10.0. The van der Waals surface area contributed by atoms with Gasteiger partial charge in [-0.1, -0.05) is 6.58 Å². The fourth-order valence-electron chi connectivity index (χ4n) is 5.45. The summed E-state index contributed by atoms with van der Waals surface area (Å²) in [6.45, 7) is 4.17. The van der Waals surface area contributed by atoms with Gasteiger partial charge >= 0.3 is 6.18 Å². The molecule has 3 aromatic carbocycles. The van der Waals surface area contributed by atoms with Crippen molar-refractivity contribution in [1.82, 2.24) is 15.3 Å². The molecule has 2 N–H and O–H groups in total. The number of nitrogens with zero attached hydrogens (tertiary/aromatic N) is 3.